The van der Waals surface area contributed by atoms with E-state index in [-0.39, 0.29) is 11.9 Å². The van der Waals surface area contributed by atoms with Crippen LogP contribution in [-0.4, -0.2) is 24.1 Å². The molecule has 3 rings (SSSR count). The van der Waals surface area contributed by atoms with Crippen LogP contribution in [0.3, 0.4) is 0 Å². The van der Waals surface area contributed by atoms with Gasteiger partial charge in [-0.05, 0) is 32.4 Å². The Labute approximate surface area is 137 Å². The van der Waals surface area contributed by atoms with Gasteiger partial charge in [-0.15, -0.1) is 22.7 Å². The second-order valence-electron chi connectivity index (χ2n) is 5.20. The summed E-state index contributed by atoms with van der Waals surface area (Å²) in [5.41, 5.74) is 1.17. The number of ether oxygens (including phenoxy) is 2. The number of aryl methyl sites for hydroxylation is 2. The molecule has 0 spiro atoms. The lowest BCUT2D eigenvalue weighted by Crippen LogP contribution is -2.26. The molecule has 2 aromatic heterocycles. The summed E-state index contributed by atoms with van der Waals surface area (Å²) in [6.45, 7) is 7.29. The Bertz CT molecular complexity index is 674. The van der Waals surface area contributed by atoms with Crippen LogP contribution in [0.5, 0.6) is 0 Å². The third-order valence-electron chi connectivity index (χ3n) is 3.46. The zero-order valence-electron chi connectivity index (χ0n) is 12.7. The number of carbonyl (C=O) groups excluding carboxylic acids is 1. The van der Waals surface area contributed by atoms with Gasteiger partial charge in [-0.2, -0.15) is 0 Å². The van der Waals surface area contributed by atoms with E-state index in [1.807, 2.05) is 6.92 Å². The third-order valence-corrected chi connectivity index (χ3v) is 5.46. The molecule has 0 saturated carbocycles. The Balaban J connectivity index is 1.67. The molecule has 1 unspecified atom stereocenters. The number of aromatic nitrogens is 1. The number of amides is 1. The van der Waals surface area contributed by atoms with E-state index in [0.717, 1.165) is 0 Å². The Morgan fingerprint density at radius 2 is 2.09 bits per heavy atom. The van der Waals surface area contributed by atoms with Gasteiger partial charge in [0.2, 0.25) is 6.29 Å². The summed E-state index contributed by atoms with van der Waals surface area (Å²) in [6, 6.07) is 2.10. The largest absolute Gasteiger partial charge is 0.345 e. The number of carbonyl (C=O) groups is 1. The molecule has 7 heteroatoms. The first-order chi connectivity index (χ1) is 10.5. The molecule has 5 nitrogen and oxygen atoms in total. The fourth-order valence-corrected chi connectivity index (χ4v) is 4.27. The zero-order chi connectivity index (χ0) is 15.7. The lowest BCUT2D eigenvalue weighted by atomic mass is 10.1. The van der Waals surface area contributed by atoms with Crippen LogP contribution in [0.4, 0.5) is 0 Å². The SMILES string of the molecule is Cc1cc(C(C)NC(=O)c2cnc(C3OCCO3)s2)c(C)s1. The summed E-state index contributed by atoms with van der Waals surface area (Å²) < 4.78 is 10.8. The molecular formula is C15H18N2O3S2. The molecule has 1 fully saturated rings. The summed E-state index contributed by atoms with van der Waals surface area (Å²) in [4.78, 5) is 19.7. The first kappa shape index (κ1) is 15.6. The van der Waals surface area contributed by atoms with Crippen LogP contribution in [0, 0.1) is 13.8 Å². The van der Waals surface area contributed by atoms with Gasteiger partial charge < -0.3 is 14.8 Å². The van der Waals surface area contributed by atoms with Crippen molar-refractivity contribution >= 4 is 28.6 Å². The van der Waals surface area contributed by atoms with Crippen molar-refractivity contribution in [2.75, 3.05) is 13.2 Å². The predicted octanol–water partition coefficient (Wildman–Crippen LogP) is 3.36. The number of nitrogens with zero attached hydrogens (tertiary/aromatic N) is 1. The van der Waals surface area contributed by atoms with E-state index >= 15 is 0 Å². The fraction of sp³-hybridized carbons (Fsp3) is 0.467. The Morgan fingerprint density at radius 3 is 2.73 bits per heavy atom. The topological polar surface area (TPSA) is 60.5 Å². The third kappa shape index (κ3) is 3.22. The molecule has 1 saturated heterocycles. The highest BCUT2D eigenvalue weighted by atomic mass is 32.1. The van der Waals surface area contributed by atoms with Gasteiger partial charge in [0.1, 0.15) is 9.88 Å². The van der Waals surface area contributed by atoms with E-state index in [9.17, 15) is 4.79 Å². The minimum Gasteiger partial charge on any atom is -0.345 e. The highest BCUT2D eigenvalue weighted by Crippen LogP contribution is 2.29. The molecule has 118 valence electrons. The minimum atomic E-state index is -0.425. The van der Waals surface area contributed by atoms with Gasteiger partial charge >= 0.3 is 0 Å². The number of nitrogens with one attached hydrogen (secondary N) is 1. The van der Waals surface area contributed by atoms with E-state index in [1.54, 1.807) is 17.5 Å². The Hall–Kier alpha value is -1.28. The number of rotatable bonds is 4. The van der Waals surface area contributed by atoms with Crippen LogP contribution in [0.2, 0.25) is 0 Å². The van der Waals surface area contributed by atoms with Crippen molar-refractivity contribution in [3.05, 3.63) is 37.5 Å². The van der Waals surface area contributed by atoms with Gasteiger partial charge in [0, 0.05) is 9.75 Å². The maximum absolute atomic E-state index is 12.4. The van der Waals surface area contributed by atoms with Crippen molar-refractivity contribution in [1.29, 1.82) is 0 Å². The number of hydrogen-bond donors (Lipinski definition) is 1. The quantitative estimate of drug-likeness (QED) is 0.928. The monoisotopic (exact) mass is 338 g/mol. The molecule has 0 aliphatic carbocycles. The zero-order valence-corrected chi connectivity index (χ0v) is 14.3. The van der Waals surface area contributed by atoms with Crippen LogP contribution in [-0.2, 0) is 9.47 Å². The van der Waals surface area contributed by atoms with Crippen LogP contribution in [0.1, 0.15) is 49.3 Å². The smallest absolute Gasteiger partial charge is 0.263 e. The Kier molecular flexibility index (Phi) is 4.58. The van der Waals surface area contributed by atoms with E-state index in [2.05, 4.69) is 30.2 Å². The van der Waals surface area contributed by atoms with E-state index < -0.39 is 6.29 Å². The molecule has 1 aliphatic heterocycles. The van der Waals surface area contributed by atoms with E-state index in [1.165, 1.54) is 26.7 Å². The Morgan fingerprint density at radius 1 is 1.36 bits per heavy atom. The van der Waals surface area contributed by atoms with Crippen molar-refractivity contribution < 1.29 is 14.3 Å². The minimum absolute atomic E-state index is 0.0259. The molecule has 2 aromatic rings. The normalized spacial score (nSPS) is 16.9. The molecule has 3 heterocycles. The maximum Gasteiger partial charge on any atom is 0.263 e. The average Bonchev–Trinajstić information content (AvgIpc) is 3.17. The van der Waals surface area contributed by atoms with Gasteiger partial charge in [0.05, 0.1) is 25.5 Å². The molecular weight excluding hydrogens is 320 g/mol. The van der Waals surface area contributed by atoms with Crippen LogP contribution < -0.4 is 5.32 Å². The molecule has 0 bridgehead atoms. The van der Waals surface area contributed by atoms with Gasteiger partial charge in [-0.25, -0.2) is 4.98 Å². The number of hydrogen-bond acceptors (Lipinski definition) is 6. The molecule has 1 atom stereocenters. The van der Waals surface area contributed by atoms with Gasteiger partial charge in [0.25, 0.3) is 5.91 Å². The lowest BCUT2D eigenvalue weighted by molar-refractivity contribution is -0.0442. The standard InChI is InChI=1S/C15H18N2O3S2/c1-8-6-11(10(3)21-8)9(2)17-13(18)12-7-16-14(22-12)15-19-4-5-20-15/h6-7,9,15H,4-5H2,1-3H3,(H,17,18). The van der Waals surface area contributed by atoms with Crippen LogP contribution >= 0.6 is 22.7 Å². The molecule has 22 heavy (non-hydrogen) atoms. The first-order valence-corrected chi connectivity index (χ1v) is 8.74. The van der Waals surface area contributed by atoms with Gasteiger partial charge in [-0.1, -0.05) is 0 Å². The first-order valence-electron chi connectivity index (χ1n) is 7.11. The van der Waals surface area contributed by atoms with Crippen LogP contribution in [0.15, 0.2) is 12.3 Å². The highest BCUT2D eigenvalue weighted by molar-refractivity contribution is 7.13. The van der Waals surface area contributed by atoms with Gasteiger partial charge in [-0.3, -0.25) is 4.79 Å². The van der Waals surface area contributed by atoms with Crippen molar-refractivity contribution in [2.45, 2.75) is 33.1 Å². The summed E-state index contributed by atoms with van der Waals surface area (Å²) in [5, 5.41) is 3.72. The molecule has 1 amide bonds. The van der Waals surface area contributed by atoms with Crippen molar-refractivity contribution in [1.82, 2.24) is 10.3 Å². The second kappa shape index (κ2) is 6.45. The van der Waals surface area contributed by atoms with Crippen molar-refractivity contribution in [3.63, 3.8) is 0 Å². The van der Waals surface area contributed by atoms with E-state index in [0.29, 0.717) is 23.1 Å². The maximum atomic E-state index is 12.4. The van der Waals surface area contributed by atoms with Gasteiger partial charge in [0.15, 0.2) is 0 Å². The summed E-state index contributed by atoms with van der Waals surface area (Å²) in [5.74, 6) is -0.113. The summed E-state index contributed by atoms with van der Waals surface area (Å²) in [7, 11) is 0. The van der Waals surface area contributed by atoms with E-state index in [4.69, 9.17) is 9.47 Å². The molecule has 0 aromatic carbocycles. The van der Waals surface area contributed by atoms with Crippen LogP contribution in [0.25, 0.3) is 0 Å². The molecule has 1 aliphatic rings. The highest BCUT2D eigenvalue weighted by Gasteiger charge is 2.24. The average molecular weight is 338 g/mol. The van der Waals surface area contributed by atoms with Crippen molar-refractivity contribution in [3.8, 4) is 0 Å². The molecule has 1 N–H and O–H groups in total. The second-order valence-corrected chi connectivity index (χ2v) is 7.72. The van der Waals surface area contributed by atoms with Crippen molar-refractivity contribution in [2.24, 2.45) is 0 Å². The lowest BCUT2D eigenvalue weighted by Gasteiger charge is -2.13. The predicted molar refractivity (Wildman–Crippen MR) is 86.4 cm³/mol. The fourth-order valence-electron chi connectivity index (χ4n) is 2.43. The molecule has 0 radical (unpaired) electrons. The summed E-state index contributed by atoms with van der Waals surface area (Å²) in [6.07, 6.45) is 1.16. The number of thiophene rings is 1. The number of thiazole rings is 1. The summed E-state index contributed by atoms with van der Waals surface area (Å²) >= 11 is 3.06.